The lowest BCUT2D eigenvalue weighted by atomic mass is 9.89. The van der Waals surface area contributed by atoms with Crippen LogP contribution < -0.4 is 11.2 Å². The molecule has 2 aliphatic carbocycles. The van der Waals surface area contributed by atoms with Gasteiger partial charge < -0.3 is 5.11 Å². The number of benzene rings is 2. The standard InChI is InChI=1S/C32H39N3O3/c36-30-29(23-33-22-21-28(24-13-5-1-6-14-24)25-15-7-2-8-16-25)31(37)35(27-19-11-4-12-20-27)32(38)34(30)26-17-9-3-10-18-26/h1-2,5-8,13-16,23,26-28,36H,3-4,9-12,17-22H2. The Morgan fingerprint density at radius 2 is 1.26 bits per heavy atom. The molecule has 0 amide bonds. The van der Waals surface area contributed by atoms with Crippen LogP contribution in [0.4, 0.5) is 0 Å². The zero-order valence-corrected chi connectivity index (χ0v) is 22.2. The smallest absolute Gasteiger partial charge is 0.334 e. The van der Waals surface area contributed by atoms with Crippen molar-refractivity contribution in [1.82, 2.24) is 9.13 Å². The van der Waals surface area contributed by atoms with E-state index < -0.39 is 5.56 Å². The highest BCUT2D eigenvalue weighted by Crippen LogP contribution is 2.32. The van der Waals surface area contributed by atoms with Gasteiger partial charge in [-0.15, -0.1) is 0 Å². The Morgan fingerprint density at radius 3 is 1.79 bits per heavy atom. The fourth-order valence-corrected chi connectivity index (χ4v) is 6.35. The van der Waals surface area contributed by atoms with Gasteiger partial charge in [-0.2, -0.15) is 0 Å². The summed E-state index contributed by atoms with van der Waals surface area (Å²) in [5, 5.41) is 11.2. The summed E-state index contributed by atoms with van der Waals surface area (Å²) < 4.78 is 2.94. The molecule has 0 bridgehead atoms. The highest BCUT2D eigenvalue weighted by atomic mass is 16.3. The number of aliphatic imine (C=N–C) groups is 1. The van der Waals surface area contributed by atoms with Crippen LogP contribution in [0.1, 0.15) is 105 Å². The summed E-state index contributed by atoms with van der Waals surface area (Å²) in [6, 6.07) is 20.6. The maximum absolute atomic E-state index is 13.6. The van der Waals surface area contributed by atoms with E-state index in [1.54, 1.807) is 0 Å². The predicted octanol–water partition coefficient (Wildman–Crippen LogP) is 6.37. The molecule has 3 aromatic rings. The molecular formula is C32H39N3O3. The monoisotopic (exact) mass is 513 g/mol. The van der Waals surface area contributed by atoms with Gasteiger partial charge in [0.25, 0.3) is 5.56 Å². The van der Waals surface area contributed by atoms with E-state index in [0.29, 0.717) is 6.54 Å². The van der Waals surface area contributed by atoms with Crippen molar-refractivity contribution in [3.05, 3.63) is 98.2 Å². The maximum atomic E-state index is 13.6. The van der Waals surface area contributed by atoms with Crippen LogP contribution in [-0.4, -0.2) is 27.0 Å². The van der Waals surface area contributed by atoms with Crippen molar-refractivity contribution in [1.29, 1.82) is 0 Å². The van der Waals surface area contributed by atoms with Gasteiger partial charge in [-0.3, -0.25) is 18.9 Å². The molecular weight excluding hydrogens is 474 g/mol. The average molecular weight is 514 g/mol. The zero-order chi connectivity index (χ0) is 26.3. The molecule has 5 rings (SSSR count). The van der Waals surface area contributed by atoms with Crippen LogP contribution in [0.2, 0.25) is 0 Å². The first-order valence-corrected chi connectivity index (χ1v) is 14.3. The SMILES string of the molecule is O=c1c(C=NCCC(c2ccccc2)c2ccccc2)c(O)n(C2CCCCC2)c(=O)n1C1CCCCC1. The minimum atomic E-state index is -0.405. The van der Waals surface area contributed by atoms with Gasteiger partial charge in [-0.25, -0.2) is 4.79 Å². The molecule has 0 spiro atoms. The van der Waals surface area contributed by atoms with Gasteiger partial charge in [0, 0.05) is 30.8 Å². The third-order valence-electron chi connectivity index (χ3n) is 8.38. The van der Waals surface area contributed by atoms with Crippen LogP contribution in [0, 0.1) is 0 Å². The highest BCUT2D eigenvalue weighted by molar-refractivity contribution is 5.82. The van der Waals surface area contributed by atoms with E-state index in [9.17, 15) is 14.7 Å². The third-order valence-corrected chi connectivity index (χ3v) is 8.38. The minimum absolute atomic E-state index is 0.0700. The number of aromatic hydroxyl groups is 1. The molecule has 2 aliphatic rings. The van der Waals surface area contributed by atoms with Crippen molar-refractivity contribution in [3.63, 3.8) is 0 Å². The van der Waals surface area contributed by atoms with Crippen LogP contribution >= 0.6 is 0 Å². The molecule has 0 aliphatic heterocycles. The molecule has 0 saturated heterocycles. The molecule has 2 aromatic carbocycles. The summed E-state index contributed by atoms with van der Waals surface area (Å²) >= 11 is 0. The van der Waals surface area contributed by atoms with Gasteiger partial charge in [0.05, 0.1) is 0 Å². The van der Waals surface area contributed by atoms with Gasteiger partial charge in [-0.1, -0.05) is 99.2 Å². The summed E-state index contributed by atoms with van der Waals surface area (Å²) in [7, 11) is 0. The van der Waals surface area contributed by atoms with E-state index in [4.69, 9.17) is 0 Å². The van der Waals surface area contributed by atoms with E-state index in [2.05, 4.69) is 53.5 Å². The first-order valence-electron chi connectivity index (χ1n) is 14.3. The Bertz CT molecular complexity index is 1290. The molecule has 6 heteroatoms. The molecule has 6 nitrogen and oxygen atoms in total. The number of nitrogens with zero attached hydrogens (tertiary/aromatic N) is 3. The molecule has 0 radical (unpaired) electrons. The topological polar surface area (TPSA) is 76.6 Å². The Balaban J connectivity index is 1.46. The second kappa shape index (κ2) is 12.4. The lowest BCUT2D eigenvalue weighted by Gasteiger charge is -2.29. The van der Waals surface area contributed by atoms with Gasteiger partial charge in [0.15, 0.2) is 0 Å². The van der Waals surface area contributed by atoms with Crippen molar-refractivity contribution in [3.8, 4) is 5.88 Å². The van der Waals surface area contributed by atoms with Gasteiger partial charge in [0.1, 0.15) is 5.56 Å². The molecule has 200 valence electrons. The van der Waals surface area contributed by atoms with Gasteiger partial charge in [-0.05, 0) is 43.2 Å². The Hall–Kier alpha value is -3.41. The predicted molar refractivity (Wildman–Crippen MR) is 153 cm³/mol. The van der Waals surface area contributed by atoms with Crippen molar-refractivity contribution in [2.45, 2.75) is 88.6 Å². The van der Waals surface area contributed by atoms with Crippen LogP contribution in [-0.2, 0) is 0 Å². The van der Waals surface area contributed by atoms with Crippen molar-refractivity contribution in [2.75, 3.05) is 6.54 Å². The largest absolute Gasteiger partial charge is 0.494 e. The Labute approximate surface area is 224 Å². The fraction of sp³-hybridized carbons (Fsp3) is 0.469. The number of hydrogen-bond acceptors (Lipinski definition) is 4. The fourth-order valence-electron chi connectivity index (χ4n) is 6.35. The lowest BCUT2D eigenvalue weighted by Crippen LogP contribution is -2.45. The van der Waals surface area contributed by atoms with Gasteiger partial charge >= 0.3 is 5.69 Å². The van der Waals surface area contributed by atoms with E-state index in [-0.39, 0.29) is 35.1 Å². The molecule has 0 atom stereocenters. The number of rotatable bonds is 8. The normalized spacial score (nSPS) is 17.4. The second-order valence-electron chi connectivity index (χ2n) is 10.8. The highest BCUT2D eigenvalue weighted by Gasteiger charge is 2.28. The molecule has 38 heavy (non-hydrogen) atoms. The summed E-state index contributed by atoms with van der Waals surface area (Å²) in [5.41, 5.74) is 1.84. The summed E-state index contributed by atoms with van der Waals surface area (Å²) in [6.45, 7) is 0.499. The average Bonchev–Trinajstić information content (AvgIpc) is 2.97. The quantitative estimate of drug-likeness (QED) is 0.356. The molecule has 2 fully saturated rings. The van der Waals surface area contributed by atoms with Gasteiger partial charge in [0.2, 0.25) is 5.88 Å². The van der Waals surface area contributed by atoms with Crippen LogP contribution in [0.15, 0.2) is 75.2 Å². The molecule has 2 saturated carbocycles. The van der Waals surface area contributed by atoms with E-state index >= 15 is 0 Å². The van der Waals surface area contributed by atoms with Crippen LogP contribution in [0.25, 0.3) is 0 Å². The zero-order valence-electron chi connectivity index (χ0n) is 22.2. The number of aromatic nitrogens is 2. The Morgan fingerprint density at radius 1 is 0.763 bits per heavy atom. The van der Waals surface area contributed by atoms with E-state index in [1.807, 2.05) is 12.1 Å². The Kier molecular flexibility index (Phi) is 8.57. The van der Waals surface area contributed by atoms with E-state index in [0.717, 1.165) is 70.6 Å². The molecule has 1 aromatic heterocycles. The maximum Gasteiger partial charge on any atom is 0.334 e. The lowest BCUT2D eigenvalue weighted by molar-refractivity contribution is 0.271. The summed E-state index contributed by atoms with van der Waals surface area (Å²) in [4.78, 5) is 31.9. The van der Waals surface area contributed by atoms with Crippen molar-refractivity contribution < 1.29 is 5.11 Å². The van der Waals surface area contributed by atoms with Crippen molar-refractivity contribution >= 4 is 6.21 Å². The molecule has 1 N–H and O–H groups in total. The first kappa shape index (κ1) is 26.2. The minimum Gasteiger partial charge on any atom is -0.494 e. The van der Waals surface area contributed by atoms with E-state index in [1.165, 1.54) is 26.5 Å². The van der Waals surface area contributed by atoms with Crippen LogP contribution in [0.3, 0.4) is 0 Å². The molecule has 1 heterocycles. The second-order valence-corrected chi connectivity index (χ2v) is 10.8. The number of hydrogen-bond donors (Lipinski definition) is 1. The third kappa shape index (κ3) is 5.69. The summed E-state index contributed by atoms with van der Waals surface area (Å²) in [6.07, 6.45) is 12.0. The summed E-state index contributed by atoms with van der Waals surface area (Å²) in [5.74, 6) is -0.0383. The molecule has 0 unspecified atom stereocenters. The first-order chi connectivity index (χ1) is 18.6. The van der Waals surface area contributed by atoms with Crippen molar-refractivity contribution in [2.24, 2.45) is 4.99 Å². The van der Waals surface area contributed by atoms with Crippen LogP contribution in [0.5, 0.6) is 5.88 Å².